The van der Waals surface area contributed by atoms with E-state index in [0.29, 0.717) is 49.7 Å². The molecule has 2 aliphatic rings. The third kappa shape index (κ3) is 11.1. The predicted octanol–water partition coefficient (Wildman–Crippen LogP) is 5.11. The van der Waals surface area contributed by atoms with Crippen LogP contribution in [0.5, 0.6) is 17.2 Å². The summed E-state index contributed by atoms with van der Waals surface area (Å²) in [7, 11) is 1.58. The van der Waals surface area contributed by atoms with Crippen LogP contribution in [0.25, 0.3) is 0 Å². The van der Waals surface area contributed by atoms with Crippen LogP contribution in [0, 0.1) is 26.1 Å². The van der Waals surface area contributed by atoms with Crippen molar-refractivity contribution in [1.29, 1.82) is 0 Å². The highest BCUT2D eigenvalue weighted by atomic mass is 17.0. The van der Waals surface area contributed by atoms with Crippen molar-refractivity contribution in [2.75, 3.05) is 53.3 Å². The lowest BCUT2D eigenvalue weighted by atomic mass is 9.82. The van der Waals surface area contributed by atoms with E-state index in [2.05, 4.69) is 28.4 Å². The maximum absolute atomic E-state index is 14.2. The maximum atomic E-state index is 14.2. The molecule has 0 aromatic heterocycles. The molecule has 16 nitrogen and oxygen atoms in total. The Balaban J connectivity index is 1.59. The number of benzene rings is 2. The van der Waals surface area contributed by atoms with Crippen LogP contribution in [0.4, 0.5) is 0 Å². The average molecular weight is 717 g/mol. The standard InChI is InChI=1S/C35H48N4O12/c1-4-6-17-36(18-7-5-2)32(40)22-37-21-29(26-13-16-30-31(20-26)49-24-48-30)33(34(37)25-11-14-27(46-3)15-12-25)35(41)47-19-9-8-10-28(51-39(44)45)23-50-38(42)43/h11-16,20,28-29,33-34H,4-10,17-19,21-24H2,1-3H3. The Labute approximate surface area is 297 Å². The summed E-state index contributed by atoms with van der Waals surface area (Å²) >= 11 is 0. The maximum Gasteiger partial charge on any atom is 0.311 e. The Morgan fingerprint density at radius 1 is 0.941 bits per heavy atom. The number of likely N-dealkylation sites (tertiary alicyclic amines) is 1. The van der Waals surface area contributed by atoms with Crippen LogP contribution >= 0.6 is 0 Å². The highest BCUT2D eigenvalue weighted by Gasteiger charge is 2.49. The van der Waals surface area contributed by atoms with Gasteiger partial charge in [0.05, 0.1) is 26.2 Å². The van der Waals surface area contributed by atoms with Gasteiger partial charge in [0.15, 0.2) is 11.5 Å². The van der Waals surface area contributed by atoms with Gasteiger partial charge in [-0.25, -0.2) is 0 Å². The number of esters is 1. The Bertz CT molecular complexity index is 1450. The lowest BCUT2D eigenvalue weighted by Crippen LogP contribution is -2.42. The summed E-state index contributed by atoms with van der Waals surface area (Å²) in [4.78, 5) is 62.3. The summed E-state index contributed by atoms with van der Waals surface area (Å²) in [6.07, 6.45) is 3.29. The second-order valence-corrected chi connectivity index (χ2v) is 12.6. The summed E-state index contributed by atoms with van der Waals surface area (Å²) in [6.45, 7) is 5.53. The summed E-state index contributed by atoms with van der Waals surface area (Å²) in [5.74, 6) is 0.291. The van der Waals surface area contributed by atoms with E-state index in [-0.39, 0.29) is 38.2 Å². The van der Waals surface area contributed by atoms with Gasteiger partial charge in [-0.3, -0.25) is 14.5 Å². The fraction of sp³-hybridized carbons (Fsp3) is 0.600. The Morgan fingerprint density at radius 3 is 2.27 bits per heavy atom. The summed E-state index contributed by atoms with van der Waals surface area (Å²) in [6, 6.07) is 12.5. The first kappa shape index (κ1) is 38.9. The van der Waals surface area contributed by atoms with E-state index >= 15 is 0 Å². The summed E-state index contributed by atoms with van der Waals surface area (Å²) in [5.41, 5.74) is 1.67. The molecule has 1 saturated heterocycles. The number of fused-ring (bicyclic) bond motifs is 1. The zero-order chi connectivity index (χ0) is 36.8. The van der Waals surface area contributed by atoms with E-state index in [1.165, 1.54) is 0 Å². The van der Waals surface area contributed by atoms with Crippen molar-refractivity contribution < 1.29 is 48.4 Å². The van der Waals surface area contributed by atoms with Crippen molar-refractivity contribution in [1.82, 2.24) is 9.80 Å². The molecule has 0 radical (unpaired) electrons. The first-order valence-electron chi connectivity index (χ1n) is 17.5. The van der Waals surface area contributed by atoms with E-state index in [0.717, 1.165) is 36.8 Å². The molecule has 0 aliphatic carbocycles. The molecular weight excluding hydrogens is 668 g/mol. The second-order valence-electron chi connectivity index (χ2n) is 12.6. The van der Waals surface area contributed by atoms with Gasteiger partial charge >= 0.3 is 5.97 Å². The van der Waals surface area contributed by atoms with Crippen LogP contribution in [-0.4, -0.2) is 91.2 Å². The van der Waals surface area contributed by atoms with E-state index in [9.17, 15) is 29.8 Å². The van der Waals surface area contributed by atoms with Gasteiger partial charge in [0, 0.05) is 31.6 Å². The molecule has 16 heteroatoms. The van der Waals surface area contributed by atoms with Gasteiger partial charge in [0.2, 0.25) is 12.7 Å². The lowest BCUT2D eigenvalue weighted by Gasteiger charge is -2.30. The van der Waals surface area contributed by atoms with Gasteiger partial charge in [-0.15, -0.1) is 20.2 Å². The summed E-state index contributed by atoms with van der Waals surface area (Å²) < 4.78 is 22.5. The third-order valence-electron chi connectivity index (χ3n) is 9.17. The minimum absolute atomic E-state index is 0.000542. The highest BCUT2D eigenvalue weighted by molar-refractivity contribution is 5.80. The molecule has 2 aromatic carbocycles. The second kappa shape index (κ2) is 19.5. The van der Waals surface area contributed by atoms with Gasteiger partial charge in [-0.05, 0) is 67.5 Å². The van der Waals surface area contributed by atoms with Crippen molar-refractivity contribution in [3.05, 3.63) is 73.8 Å². The van der Waals surface area contributed by atoms with Crippen molar-refractivity contribution in [2.24, 2.45) is 5.92 Å². The first-order chi connectivity index (χ1) is 24.6. The molecule has 2 aromatic rings. The number of methoxy groups -OCH3 is 1. The number of ether oxygens (including phenoxy) is 4. The van der Waals surface area contributed by atoms with Crippen molar-refractivity contribution in [3.8, 4) is 17.2 Å². The minimum Gasteiger partial charge on any atom is -0.497 e. The molecule has 4 rings (SSSR count). The zero-order valence-electron chi connectivity index (χ0n) is 29.4. The quantitative estimate of drug-likeness (QED) is 0.0679. The molecule has 51 heavy (non-hydrogen) atoms. The average Bonchev–Trinajstić information content (AvgIpc) is 3.74. The largest absolute Gasteiger partial charge is 0.497 e. The molecule has 280 valence electrons. The van der Waals surface area contributed by atoms with Crippen LogP contribution < -0.4 is 14.2 Å². The smallest absolute Gasteiger partial charge is 0.311 e. The minimum atomic E-state index is -1.15. The monoisotopic (exact) mass is 716 g/mol. The van der Waals surface area contributed by atoms with Gasteiger partial charge in [0.1, 0.15) is 18.5 Å². The van der Waals surface area contributed by atoms with Crippen molar-refractivity contribution >= 4 is 11.9 Å². The number of hydrogen-bond acceptors (Lipinski definition) is 13. The fourth-order valence-electron chi connectivity index (χ4n) is 6.57. The van der Waals surface area contributed by atoms with Gasteiger partial charge in [-0.2, -0.15) is 0 Å². The zero-order valence-corrected chi connectivity index (χ0v) is 29.4. The topological polar surface area (TPSA) is 182 Å². The Kier molecular flexibility index (Phi) is 14.9. The van der Waals surface area contributed by atoms with Crippen LogP contribution in [0.15, 0.2) is 42.5 Å². The molecule has 0 saturated carbocycles. The van der Waals surface area contributed by atoms with Gasteiger partial charge in [0.25, 0.3) is 10.2 Å². The normalized spacial score (nSPS) is 18.5. The summed E-state index contributed by atoms with van der Waals surface area (Å²) in [5, 5.41) is 19.3. The number of rotatable bonds is 22. The van der Waals surface area contributed by atoms with Crippen LogP contribution in [0.2, 0.25) is 0 Å². The molecule has 0 spiro atoms. The van der Waals surface area contributed by atoms with Crippen LogP contribution in [-0.2, 0) is 24.0 Å². The first-order valence-corrected chi connectivity index (χ1v) is 17.5. The number of carbonyl (C=O) groups excluding carboxylic acids is 2. The van der Waals surface area contributed by atoms with Crippen LogP contribution in [0.1, 0.15) is 81.9 Å². The molecule has 2 aliphatic heterocycles. The van der Waals surface area contributed by atoms with E-state index in [1.54, 1.807) is 7.11 Å². The number of hydrogen-bond donors (Lipinski definition) is 0. The Hall–Kier alpha value is -4.86. The highest BCUT2D eigenvalue weighted by Crippen LogP contribution is 2.48. The number of carbonyl (C=O) groups is 2. The predicted molar refractivity (Wildman–Crippen MR) is 182 cm³/mol. The lowest BCUT2D eigenvalue weighted by molar-refractivity contribution is -0.790. The van der Waals surface area contributed by atoms with Crippen molar-refractivity contribution in [2.45, 2.75) is 76.9 Å². The van der Waals surface area contributed by atoms with E-state index in [1.807, 2.05) is 47.4 Å². The molecule has 1 amide bonds. The SMILES string of the molecule is CCCCN(CCCC)C(=O)CN1CC(c2ccc3c(c2)OCO3)C(C(=O)OCCCCC(CO[N+](=O)[O-])O[N+](=O)[O-])C1c1ccc(OC)cc1. The molecule has 0 N–H and O–H groups in total. The number of amides is 1. The van der Waals surface area contributed by atoms with E-state index < -0.39 is 40.8 Å². The van der Waals surface area contributed by atoms with Gasteiger partial charge < -0.3 is 33.5 Å². The van der Waals surface area contributed by atoms with E-state index in [4.69, 9.17) is 18.9 Å². The number of nitrogens with zero attached hydrogens (tertiary/aromatic N) is 4. The van der Waals surface area contributed by atoms with Crippen LogP contribution in [0.3, 0.4) is 0 Å². The molecule has 1 fully saturated rings. The van der Waals surface area contributed by atoms with Gasteiger partial charge in [-0.1, -0.05) is 44.9 Å². The van der Waals surface area contributed by atoms with Crippen molar-refractivity contribution in [3.63, 3.8) is 0 Å². The third-order valence-corrected chi connectivity index (χ3v) is 9.17. The molecule has 0 bridgehead atoms. The number of unbranched alkanes of at least 4 members (excludes halogenated alkanes) is 3. The molecule has 4 atom stereocenters. The molecular formula is C35H48N4O12. The molecule has 4 unspecified atom stereocenters. The fourth-order valence-corrected chi connectivity index (χ4v) is 6.57. The Morgan fingerprint density at radius 2 is 1.63 bits per heavy atom. The molecule has 2 heterocycles.